The zero-order chi connectivity index (χ0) is 23.4. The van der Waals surface area contributed by atoms with Crippen LogP contribution in [0.15, 0.2) is 47.1 Å². The Bertz CT molecular complexity index is 765. The second kappa shape index (κ2) is 13.1. The predicted octanol–water partition coefficient (Wildman–Crippen LogP) is 5.81. The Labute approximate surface area is 187 Å². The first-order valence-corrected chi connectivity index (χ1v) is 11.0. The number of ketones is 1. The van der Waals surface area contributed by atoms with Crippen molar-refractivity contribution in [3.8, 4) is 0 Å². The van der Waals surface area contributed by atoms with E-state index >= 15 is 0 Å². The van der Waals surface area contributed by atoms with Gasteiger partial charge in [0.05, 0.1) is 18.9 Å². The molecular weight excluding hydrogens is 392 g/mol. The van der Waals surface area contributed by atoms with Crippen LogP contribution >= 0.6 is 0 Å². The number of allylic oxidation sites excluding steroid dienone is 7. The molecule has 0 aromatic heterocycles. The largest absolute Gasteiger partial charge is 0.469 e. The van der Waals surface area contributed by atoms with E-state index in [0.717, 1.165) is 25.7 Å². The molecule has 0 aliphatic heterocycles. The molecule has 1 aliphatic rings. The molecule has 0 heterocycles. The van der Waals surface area contributed by atoms with Crippen LogP contribution in [0.4, 0.5) is 0 Å². The average Bonchev–Trinajstić information content (AvgIpc) is 2.68. The molecule has 0 saturated heterocycles. The quantitative estimate of drug-likeness (QED) is 0.306. The Morgan fingerprint density at radius 3 is 2.23 bits per heavy atom. The first-order chi connectivity index (χ1) is 14.6. The third-order valence-corrected chi connectivity index (χ3v) is 5.57. The molecule has 0 fully saturated rings. The van der Waals surface area contributed by atoms with Crippen LogP contribution < -0.4 is 0 Å². The van der Waals surface area contributed by atoms with Gasteiger partial charge in [0.2, 0.25) is 0 Å². The summed E-state index contributed by atoms with van der Waals surface area (Å²) in [4.78, 5) is 36.2. The summed E-state index contributed by atoms with van der Waals surface area (Å²) in [6, 6.07) is 0. The lowest BCUT2D eigenvalue weighted by Gasteiger charge is -2.35. The van der Waals surface area contributed by atoms with Crippen molar-refractivity contribution >= 4 is 17.7 Å². The van der Waals surface area contributed by atoms with E-state index in [4.69, 9.17) is 9.47 Å². The first-order valence-electron chi connectivity index (χ1n) is 11.0. The number of esters is 2. The number of methoxy groups -OCH3 is 1. The van der Waals surface area contributed by atoms with E-state index < -0.39 is 23.5 Å². The zero-order valence-electron chi connectivity index (χ0n) is 20.0. The van der Waals surface area contributed by atoms with E-state index in [1.54, 1.807) is 6.08 Å². The van der Waals surface area contributed by atoms with Crippen LogP contribution in [0, 0.1) is 5.41 Å². The van der Waals surface area contributed by atoms with Gasteiger partial charge in [-0.05, 0) is 72.0 Å². The van der Waals surface area contributed by atoms with Crippen LogP contribution in [0.2, 0.25) is 0 Å². The Hall–Kier alpha value is -2.43. The molecule has 5 nitrogen and oxygen atoms in total. The normalized spacial score (nSPS) is 21.6. The van der Waals surface area contributed by atoms with Crippen LogP contribution in [0.1, 0.15) is 79.6 Å². The molecule has 0 bridgehead atoms. The third-order valence-electron chi connectivity index (χ3n) is 5.57. The molecule has 172 valence electrons. The summed E-state index contributed by atoms with van der Waals surface area (Å²) < 4.78 is 10.1. The highest BCUT2D eigenvalue weighted by Crippen LogP contribution is 2.39. The van der Waals surface area contributed by atoms with Crippen molar-refractivity contribution in [2.45, 2.75) is 85.7 Å². The average molecular weight is 431 g/mol. The summed E-state index contributed by atoms with van der Waals surface area (Å²) in [5.74, 6) is -0.971. The molecule has 0 radical (unpaired) electrons. The number of ether oxygens (including phenoxy) is 2. The van der Waals surface area contributed by atoms with Gasteiger partial charge in [-0.25, -0.2) is 0 Å². The molecular formula is C26H38O5. The van der Waals surface area contributed by atoms with Gasteiger partial charge in [0, 0.05) is 13.3 Å². The minimum absolute atomic E-state index is 0.0302. The topological polar surface area (TPSA) is 69.7 Å². The van der Waals surface area contributed by atoms with Gasteiger partial charge in [0.25, 0.3) is 0 Å². The standard InChI is InChI=1S/C26H38O5/c1-19(2)9-7-10-20(3)11-8-12-21(4)15-16-26(18-25(29)30-6)17-23(31-22(5)27)13-14-24(26)28/h9,11,13-15,23H,7-8,10,12,16-18H2,1-6H3/b20-11+,21-15+/t23-,26+/m1/s1. The Kier molecular flexibility index (Phi) is 11.2. The van der Waals surface area contributed by atoms with Gasteiger partial charge in [0.1, 0.15) is 6.10 Å². The maximum atomic E-state index is 12.8. The second-order valence-corrected chi connectivity index (χ2v) is 8.77. The van der Waals surface area contributed by atoms with Crippen molar-refractivity contribution < 1.29 is 23.9 Å². The molecule has 1 rings (SSSR count). The van der Waals surface area contributed by atoms with E-state index in [1.165, 1.54) is 36.8 Å². The maximum absolute atomic E-state index is 12.8. The fourth-order valence-corrected chi connectivity index (χ4v) is 3.69. The van der Waals surface area contributed by atoms with Crippen LogP contribution in [0.25, 0.3) is 0 Å². The zero-order valence-corrected chi connectivity index (χ0v) is 20.0. The molecule has 0 spiro atoms. The lowest BCUT2D eigenvalue weighted by molar-refractivity contribution is -0.151. The summed E-state index contributed by atoms with van der Waals surface area (Å²) >= 11 is 0. The number of carbonyl (C=O) groups is 3. The summed E-state index contributed by atoms with van der Waals surface area (Å²) in [5, 5.41) is 0. The second-order valence-electron chi connectivity index (χ2n) is 8.77. The molecule has 1 aliphatic carbocycles. The van der Waals surface area contributed by atoms with E-state index in [-0.39, 0.29) is 18.6 Å². The van der Waals surface area contributed by atoms with E-state index in [1.807, 2.05) is 13.0 Å². The Morgan fingerprint density at radius 2 is 1.65 bits per heavy atom. The number of hydrogen-bond acceptors (Lipinski definition) is 5. The number of rotatable bonds is 11. The Balaban J connectivity index is 2.81. The highest BCUT2D eigenvalue weighted by molar-refractivity contribution is 5.98. The van der Waals surface area contributed by atoms with Crippen LogP contribution in [-0.4, -0.2) is 30.9 Å². The molecule has 31 heavy (non-hydrogen) atoms. The van der Waals surface area contributed by atoms with Gasteiger partial charge >= 0.3 is 11.9 Å². The van der Waals surface area contributed by atoms with Gasteiger partial charge in [-0.1, -0.05) is 34.9 Å². The predicted molar refractivity (Wildman–Crippen MR) is 123 cm³/mol. The summed E-state index contributed by atoms with van der Waals surface area (Å²) in [6.07, 6.45) is 13.7. The van der Waals surface area contributed by atoms with Crippen LogP contribution in [0.3, 0.4) is 0 Å². The minimum Gasteiger partial charge on any atom is -0.469 e. The molecule has 5 heteroatoms. The number of carbonyl (C=O) groups excluding carboxylic acids is 3. The van der Waals surface area contributed by atoms with Crippen LogP contribution in [-0.2, 0) is 23.9 Å². The maximum Gasteiger partial charge on any atom is 0.306 e. The molecule has 0 aromatic carbocycles. The summed E-state index contributed by atoms with van der Waals surface area (Å²) in [5.41, 5.74) is 2.95. The summed E-state index contributed by atoms with van der Waals surface area (Å²) in [6.45, 7) is 9.77. The van der Waals surface area contributed by atoms with Crippen molar-refractivity contribution in [1.29, 1.82) is 0 Å². The van der Waals surface area contributed by atoms with E-state index in [0.29, 0.717) is 6.42 Å². The van der Waals surface area contributed by atoms with Gasteiger partial charge in [0.15, 0.2) is 5.78 Å². The van der Waals surface area contributed by atoms with E-state index in [9.17, 15) is 14.4 Å². The number of hydrogen-bond donors (Lipinski definition) is 0. The van der Waals surface area contributed by atoms with Crippen molar-refractivity contribution in [2.24, 2.45) is 5.41 Å². The molecule has 0 unspecified atom stereocenters. The lowest BCUT2D eigenvalue weighted by atomic mass is 9.70. The molecule has 2 atom stereocenters. The van der Waals surface area contributed by atoms with Crippen molar-refractivity contribution in [2.75, 3.05) is 7.11 Å². The highest BCUT2D eigenvalue weighted by Gasteiger charge is 2.43. The molecule has 0 amide bonds. The molecule has 0 N–H and O–H groups in total. The monoisotopic (exact) mass is 430 g/mol. The van der Waals surface area contributed by atoms with Crippen LogP contribution in [0.5, 0.6) is 0 Å². The first kappa shape index (κ1) is 26.6. The molecule has 0 aromatic rings. The van der Waals surface area contributed by atoms with Crippen molar-refractivity contribution in [3.05, 3.63) is 47.1 Å². The third kappa shape index (κ3) is 9.95. The SMILES string of the molecule is COC(=O)C[C@]1(C/C=C(\C)CC/C=C(\C)CCC=C(C)C)C[C@H](OC(C)=O)C=CC1=O. The highest BCUT2D eigenvalue weighted by atomic mass is 16.5. The minimum atomic E-state index is -0.945. The molecule has 0 saturated carbocycles. The van der Waals surface area contributed by atoms with Gasteiger partial charge in [-0.2, -0.15) is 0 Å². The fraction of sp³-hybridized carbons (Fsp3) is 0.577. The van der Waals surface area contributed by atoms with Gasteiger partial charge < -0.3 is 9.47 Å². The van der Waals surface area contributed by atoms with E-state index in [2.05, 4.69) is 32.9 Å². The van der Waals surface area contributed by atoms with Crippen molar-refractivity contribution in [1.82, 2.24) is 0 Å². The fourth-order valence-electron chi connectivity index (χ4n) is 3.69. The lowest BCUT2D eigenvalue weighted by Crippen LogP contribution is -2.40. The summed E-state index contributed by atoms with van der Waals surface area (Å²) in [7, 11) is 1.32. The Morgan fingerprint density at radius 1 is 1.03 bits per heavy atom. The van der Waals surface area contributed by atoms with Gasteiger partial charge in [-0.15, -0.1) is 0 Å². The van der Waals surface area contributed by atoms with Gasteiger partial charge in [-0.3, -0.25) is 14.4 Å². The smallest absolute Gasteiger partial charge is 0.306 e. The van der Waals surface area contributed by atoms with Crippen molar-refractivity contribution in [3.63, 3.8) is 0 Å².